The lowest BCUT2D eigenvalue weighted by molar-refractivity contribution is 0.537. The predicted octanol–water partition coefficient (Wildman–Crippen LogP) is 4.22. The van der Waals surface area contributed by atoms with Crippen molar-refractivity contribution in [3.63, 3.8) is 0 Å². The fraction of sp³-hybridized carbons (Fsp3) is 0.533. The Morgan fingerprint density at radius 3 is 2.70 bits per heavy atom. The van der Waals surface area contributed by atoms with E-state index in [0.717, 1.165) is 16.4 Å². The van der Waals surface area contributed by atoms with Crippen LogP contribution in [-0.2, 0) is 6.54 Å². The van der Waals surface area contributed by atoms with Crippen LogP contribution in [0.25, 0.3) is 0 Å². The average molecular weight is 297 g/mol. The van der Waals surface area contributed by atoms with Gasteiger partial charge in [0.25, 0.3) is 0 Å². The highest BCUT2D eigenvalue weighted by atomic mass is 32.2. The number of imidazole rings is 1. The maximum absolute atomic E-state index is 13.2. The van der Waals surface area contributed by atoms with Gasteiger partial charge in [-0.2, -0.15) is 0 Å². The zero-order valence-electron chi connectivity index (χ0n) is 12.9. The Hall–Kier alpha value is -1.07. The number of halogens is 1. The van der Waals surface area contributed by atoms with Crippen LogP contribution in [0.3, 0.4) is 0 Å². The monoisotopic (exact) mass is 297 g/mol. The van der Waals surface area contributed by atoms with E-state index in [2.05, 4.69) is 16.5 Å². The van der Waals surface area contributed by atoms with E-state index in [1.165, 1.54) is 6.92 Å². The molecule has 0 amide bonds. The largest absolute Gasteiger partial charge is 0.325 e. The molecule has 1 aliphatic rings. The number of allylic oxidation sites excluding steroid dienone is 4. The number of fused-ring (bicyclic) bond motifs is 1. The Balaban J connectivity index is 0.000000956. The molecule has 1 aliphatic heterocycles. The molecule has 3 nitrogen and oxygen atoms in total. The molecule has 0 aliphatic carbocycles. The second kappa shape index (κ2) is 7.64. The molecule has 0 aromatic carbocycles. The fourth-order valence-corrected chi connectivity index (χ4v) is 3.54. The van der Waals surface area contributed by atoms with Crippen LogP contribution in [0, 0.1) is 0 Å². The van der Waals surface area contributed by atoms with Gasteiger partial charge in [0.1, 0.15) is 0 Å². The Kier molecular flexibility index (Phi) is 6.49. The number of hydrogen-bond donors (Lipinski definition) is 1. The quantitative estimate of drug-likeness (QED) is 0.849. The molecular weight excluding hydrogens is 273 g/mol. The SMILES string of the molecule is C/C=C(\C=C(/C)F)C1C(C)Sc2ncc(CN)n21.CC. The van der Waals surface area contributed by atoms with E-state index in [-0.39, 0.29) is 11.9 Å². The number of rotatable bonds is 3. The van der Waals surface area contributed by atoms with Crippen molar-refractivity contribution < 1.29 is 4.39 Å². The van der Waals surface area contributed by atoms with E-state index in [0.29, 0.717) is 11.8 Å². The molecule has 2 unspecified atom stereocenters. The number of nitrogens with two attached hydrogens (primary N) is 1. The zero-order chi connectivity index (χ0) is 15.3. The van der Waals surface area contributed by atoms with E-state index in [4.69, 9.17) is 5.73 Å². The summed E-state index contributed by atoms with van der Waals surface area (Å²) in [6.45, 7) is 9.99. The number of nitrogens with zero attached hydrogens (tertiary/aromatic N) is 2. The molecule has 2 heterocycles. The van der Waals surface area contributed by atoms with Crippen molar-refractivity contribution in [3.05, 3.63) is 35.4 Å². The molecule has 0 bridgehead atoms. The smallest absolute Gasteiger partial charge is 0.169 e. The summed E-state index contributed by atoms with van der Waals surface area (Å²) in [6, 6.07) is 0.113. The average Bonchev–Trinajstić information content (AvgIpc) is 2.96. The minimum atomic E-state index is -0.178. The van der Waals surface area contributed by atoms with Gasteiger partial charge in [0, 0.05) is 11.8 Å². The molecule has 1 aromatic rings. The summed E-state index contributed by atoms with van der Waals surface area (Å²) in [5.74, 6) is -0.178. The maximum Gasteiger partial charge on any atom is 0.169 e. The fourth-order valence-electron chi connectivity index (χ4n) is 2.34. The third-order valence-corrected chi connectivity index (χ3v) is 4.25. The molecule has 0 saturated heterocycles. The maximum atomic E-state index is 13.2. The van der Waals surface area contributed by atoms with Crippen LogP contribution in [0.2, 0.25) is 0 Å². The molecule has 0 radical (unpaired) electrons. The summed E-state index contributed by atoms with van der Waals surface area (Å²) in [6.07, 6.45) is 5.36. The first kappa shape index (κ1) is 17.0. The minimum Gasteiger partial charge on any atom is -0.325 e. The lowest BCUT2D eigenvalue weighted by Crippen LogP contribution is -2.18. The normalized spacial score (nSPS) is 22.4. The van der Waals surface area contributed by atoms with Gasteiger partial charge in [-0.15, -0.1) is 0 Å². The zero-order valence-corrected chi connectivity index (χ0v) is 13.7. The first-order valence-corrected chi connectivity index (χ1v) is 7.89. The second-order valence-corrected chi connectivity index (χ2v) is 5.74. The number of aromatic nitrogens is 2. The van der Waals surface area contributed by atoms with Gasteiger partial charge in [-0.1, -0.05) is 38.6 Å². The summed E-state index contributed by atoms with van der Waals surface area (Å²) in [5.41, 5.74) is 7.71. The van der Waals surface area contributed by atoms with Gasteiger partial charge in [0.05, 0.1) is 23.8 Å². The minimum absolute atomic E-state index is 0.113. The van der Waals surface area contributed by atoms with Gasteiger partial charge in [0.15, 0.2) is 5.16 Å². The molecule has 0 saturated carbocycles. The van der Waals surface area contributed by atoms with E-state index in [1.54, 1.807) is 24.0 Å². The second-order valence-electron chi connectivity index (χ2n) is 4.39. The van der Waals surface area contributed by atoms with Crippen LogP contribution < -0.4 is 5.73 Å². The topological polar surface area (TPSA) is 43.8 Å². The van der Waals surface area contributed by atoms with Crippen molar-refractivity contribution in [1.82, 2.24) is 9.55 Å². The lowest BCUT2D eigenvalue weighted by atomic mass is 10.0. The van der Waals surface area contributed by atoms with E-state index in [9.17, 15) is 4.39 Å². The Labute approximate surface area is 125 Å². The van der Waals surface area contributed by atoms with Gasteiger partial charge in [0.2, 0.25) is 0 Å². The Morgan fingerprint density at radius 1 is 1.55 bits per heavy atom. The van der Waals surface area contributed by atoms with Crippen molar-refractivity contribution in [3.8, 4) is 0 Å². The van der Waals surface area contributed by atoms with Gasteiger partial charge in [-0.3, -0.25) is 0 Å². The van der Waals surface area contributed by atoms with Crippen LogP contribution in [-0.4, -0.2) is 14.8 Å². The molecule has 2 rings (SSSR count). The number of thioether (sulfide) groups is 1. The Morgan fingerprint density at radius 2 is 2.20 bits per heavy atom. The molecule has 112 valence electrons. The summed E-state index contributed by atoms with van der Waals surface area (Å²) in [5, 5.41) is 1.30. The lowest BCUT2D eigenvalue weighted by Gasteiger charge is -2.20. The van der Waals surface area contributed by atoms with Crippen LogP contribution in [0.4, 0.5) is 4.39 Å². The third kappa shape index (κ3) is 3.33. The van der Waals surface area contributed by atoms with Crippen molar-refractivity contribution in [2.75, 3.05) is 0 Å². The van der Waals surface area contributed by atoms with Gasteiger partial charge < -0.3 is 10.3 Å². The molecule has 0 spiro atoms. The van der Waals surface area contributed by atoms with Crippen LogP contribution in [0.15, 0.2) is 34.9 Å². The molecule has 2 N–H and O–H groups in total. The first-order valence-electron chi connectivity index (χ1n) is 7.01. The molecule has 2 atom stereocenters. The standard InChI is InChI=1S/C13H18FN3S.C2H6/c1-4-10(5-8(2)14)12-9(3)18-13-16-7-11(6-15)17(12)13;1-2/h4-5,7,9,12H,6,15H2,1-3H3;1-2H3/b8-5+,10-4+;. The summed E-state index contributed by atoms with van der Waals surface area (Å²) < 4.78 is 15.3. The Bertz CT molecular complexity index is 501. The van der Waals surface area contributed by atoms with Gasteiger partial charge in [-0.05, 0) is 25.5 Å². The number of hydrogen-bond acceptors (Lipinski definition) is 3. The molecular formula is C15H24FN3S. The first-order chi connectivity index (χ1) is 9.58. The van der Waals surface area contributed by atoms with E-state index < -0.39 is 0 Å². The highest BCUT2D eigenvalue weighted by molar-refractivity contribution is 8.00. The summed E-state index contributed by atoms with van der Waals surface area (Å²) >= 11 is 1.71. The molecule has 0 fully saturated rings. The summed E-state index contributed by atoms with van der Waals surface area (Å²) in [4.78, 5) is 4.37. The van der Waals surface area contributed by atoms with E-state index in [1.807, 2.05) is 26.8 Å². The van der Waals surface area contributed by atoms with Crippen LogP contribution in [0.1, 0.15) is 46.4 Å². The molecule has 20 heavy (non-hydrogen) atoms. The van der Waals surface area contributed by atoms with E-state index >= 15 is 0 Å². The van der Waals surface area contributed by atoms with Crippen molar-refractivity contribution in [1.29, 1.82) is 0 Å². The molecule has 1 aromatic heterocycles. The van der Waals surface area contributed by atoms with Gasteiger partial charge >= 0.3 is 0 Å². The van der Waals surface area contributed by atoms with Crippen LogP contribution >= 0.6 is 11.8 Å². The van der Waals surface area contributed by atoms with Gasteiger partial charge in [-0.25, -0.2) is 9.37 Å². The van der Waals surface area contributed by atoms with Crippen molar-refractivity contribution in [2.45, 2.75) is 57.6 Å². The third-order valence-electron chi connectivity index (χ3n) is 3.10. The highest BCUT2D eigenvalue weighted by Gasteiger charge is 2.34. The highest BCUT2D eigenvalue weighted by Crippen LogP contribution is 2.44. The molecule has 5 heteroatoms. The van der Waals surface area contributed by atoms with Crippen molar-refractivity contribution >= 4 is 11.8 Å². The van der Waals surface area contributed by atoms with Crippen molar-refractivity contribution in [2.24, 2.45) is 5.73 Å². The summed E-state index contributed by atoms with van der Waals surface area (Å²) in [7, 11) is 0. The predicted molar refractivity (Wildman–Crippen MR) is 84.4 cm³/mol. The van der Waals surface area contributed by atoms with Crippen LogP contribution in [0.5, 0.6) is 0 Å².